The molecule has 10 heteroatoms. The molecule has 1 aliphatic heterocycles. The van der Waals surface area contributed by atoms with Gasteiger partial charge >= 0.3 is 0 Å². The molecule has 0 atom stereocenters. The van der Waals surface area contributed by atoms with Crippen molar-refractivity contribution in [3.05, 3.63) is 23.8 Å². The van der Waals surface area contributed by atoms with Crippen LogP contribution in [0.1, 0.15) is 23.2 Å². The first kappa shape index (κ1) is 21.1. The van der Waals surface area contributed by atoms with Gasteiger partial charge in [0.2, 0.25) is 5.91 Å². The Morgan fingerprint density at radius 3 is 2.37 bits per heavy atom. The van der Waals surface area contributed by atoms with E-state index in [-0.39, 0.29) is 30.8 Å². The molecule has 2 amide bonds. The van der Waals surface area contributed by atoms with Crippen molar-refractivity contribution >= 4 is 27.7 Å². The molecule has 0 radical (unpaired) electrons. The van der Waals surface area contributed by atoms with Crippen LogP contribution in [0.15, 0.2) is 18.2 Å². The summed E-state index contributed by atoms with van der Waals surface area (Å²) < 4.78 is 32.1. The lowest BCUT2D eigenvalue weighted by Crippen LogP contribution is -2.46. The summed E-state index contributed by atoms with van der Waals surface area (Å²) >= 11 is 0. The zero-order chi connectivity index (χ0) is 20.2. The van der Waals surface area contributed by atoms with Crippen molar-refractivity contribution in [1.29, 1.82) is 0 Å². The maximum Gasteiger partial charge on any atom is 0.281 e. The Morgan fingerprint density at radius 2 is 1.85 bits per heavy atom. The van der Waals surface area contributed by atoms with E-state index in [1.807, 2.05) is 0 Å². The molecule has 0 unspecified atom stereocenters. The molecule has 27 heavy (non-hydrogen) atoms. The van der Waals surface area contributed by atoms with Gasteiger partial charge in [-0.1, -0.05) is 0 Å². The maximum absolute atomic E-state index is 12.6. The first-order valence-electron chi connectivity index (χ1n) is 8.59. The highest BCUT2D eigenvalue weighted by Crippen LogP contribution is 2.28. The van der Waals surface area contributed by atoms with E-state index in [0.717, 1.165) is 0 Å². The van der Waals surface area contributed by atoms with Gasteiger partial charge in [0.15, 0.2) is 0 Å². The average molecular weight is 398 g/mol. The topological polar surface area (TPSA) is 108 Å². The van der Waals surface area contributed by atoms with Crippen molar-refractivity contribution in [1.82, 2.24) is 13.9 Å². The molecule has 2 N–H and O–H groups in total. The molecule has 1 aromatic rings. The van der Waals surface area contributed by atoms with Crippen molar-refractivity contribution in [2.45, 2.75) is 12.8 Å². The van der Waals surface area contributed by atoms with Crippen LogP contribution in [0.4, 0.5) is 5.69 Å². The van der Waals surface area contributed by atoms with Gasteiger partial charge in [-0.05, 0) is 31.0 Å². The van der Waals surface area contributed by atoms with Gasteiger partial charge in [0.05, 0.1) is 12.8 Å². The van der Waals surface area contributed by atoms with Gasteiger partial charge in [0.25, 0.3) is 16.1 Å². The van der Waals surface area contributed by atoms with Gasteiger partial charge in [-0.3, -0.25) is 9.59 Å². The number of hydrogen-bond acceptors (Lipinski definition) is 5. The maximum atomic E-state index is 12.6. The van der Waals surface area contributed by atoms with Crippen molar-refractivity contribution in [3.63, 3.8) is 0 Å². The third-order valence-corrected chi connectivity index (χ3v) is 6.50. The number of anilines is 1. The van der Waals surface area contributed by atoms with Crippen molar-refractivity contribution < 1.29 is 22.7 Å². The standard InChI is InChI=1S/C17H26N4O5S/c1-18-16(22)13-5-6-15(26-4)14(11-13)19-17(23)12-7-9-21(10-8-12)27(24,25)20(2)3/h5-6,11-12H,7-10H2,1-4H3,(H,18,22)(H,19,23). The predicted octanol–water partition coefficient (Wildman–Crippen LogP) is 0.512. The van der Waals surface area contributed by atoms with Gasteiger partial charge in [0.1, 0.15) is 5.75 Å². The highest BCUT2D eigenvalue weighted by atomic mass is 32.2. The largest absolute Gasteiger partial charge is 0.495 e. The number of rotatable bonds is 6. The summed E-state index contributed by atoms with van der Waals surface area (Å²) in [5.41, 5.74) is 0.812. The Morgan fingerprint density at radius 1 is 1.22 bits per heavy atom. The Bertz CT molecular complexity index is 802. The van der Waals surface area contributed by atoms with Gasteiger partial charge < -0.3 is 15.4 Å². The zero-order valence-electron chi connectivity index (χ0n) is 16.0. The Labute approximate surface area is 159 Å². The highest BCUT2D eigenvalue weighted by Gasteiger charge is 2.32. The van der Waals surface area contributed by atoms with Crippen LogP contribution in [-0.4, -0.2) is 70.2 Å². The van der Waals surface area contributed by atoms with Gasteiger partial charge in [-0.2, -0.15) is 17.0 Å². The Balaban J connectivity index is 2.07. The smallest absolute Gasteiger partial charge is 0.281 e. The SMILES string of the molecule is CNC(=O)c1ccc(OC)c(NC(=O)C2CCN(S(=O)(=O)N(C)C)CC2)c1. The molecule has 1 heterocycles. The summed E-state index contributed by atoms with van der Waals surface area (Å²) in [6, 6.07) is 4.78. The van der Waals surface area contributed by atoms with E-state index in [1.54, 1.807) is 18.2 Å². The number of nitrogens with zero attached hydrogens (tertiary/aromatic N) is 2. The van der Waals surface area contributed by atoms with E-state index in [0.29, 0.717) is 29.8 Å². The number of carbonyl (C=O) groups is 2. The second-order valence-corrected chi connectivity index (χ2v) is 8.59. The number of carbonyl (C=O) groups excluding carboxylic acids is 2. The molecule has 9 nitrogen and oxygen atoms in total. The molecule has 0 spiro atoms. The summed E-state index contributed by atoms with van der Waals surface area (Å²) in [5, 5.41) is 5.34. The van der Waals surface area contributed by atoms with Crippen LogP contribution in [0.2, 0.25) is 0 Å². The number of ether oxygens (including phenoxy) is 1. The van der Waals surface area contributed by atoms with E-state index in [1.165, 1.54) is 36.9 Å². The van der Waals surface area contributed by atoms with E-state index < -0.39 is 10.2 Å². The molecule has 0 saturated carbocycles. The van der Waals surface area contributed by atoms with E-state index in [9.17, 15) is 18.0 Å². The molecule has 1 saturated heterocycles. The summed E-state index contributed by atoms with van der Waals surface area (Å²) in [5.74, 6) is -0.352. The lowest BCUT2D eigenvalue weighted by molar-refractivity contribution is -0.120. The second kappa shape index (κ2) is 8.68. The fourth-order valence-corrected chi connectivity index (χ4v) is 4.04. The molecule has 0 bridgehead atoms. The van der Waals surface area contributed by atoms with E-state index >= 15 is 0 Å². The zero-order valence-corrected chi connectivity index (χ0v) is 16.8. The van der Waals surface area contributed by atoms with Crippen LogP contribution in [0, 0.1) is 5.92 Å². The minimum absolute atomic E-state index is 0.218. The molecule has 2 rings (SSSR count). The van der Waals surface area contributed by atoms with Crippen LogP contribution in [-0.2, 0) is 15.0 Å². The van der Waals surface area contributed by atoms with E-state index in [2.05, 4.69) is 10.6 Å². The molecule has 1 aromatic carbocycles. The summed E-state index contributed by atoms with van der Waals surface area (Å²) in [7, 11) is 2.52. The number of amides is 2. The fraction of sp³-hybridized carbons (Fsp3) is 0.529. The summed E-state index contributed by atoms with van der Waals surface area (Å²) in [6.45, 7) is 0.571. The molecule has 0 aliphatic carbocycles. The third kappa shape index (κ3) is 4.76. The van der Waals surface area contributed by atoms with Crippen molar-refractivity contribution in [2.24, 2.45) is 5.92 Å². The Hall–Kier alpha value is -2.17. The van der Waals surface area contributed by atoms with Crippen LogP contribution < -0.4 is 15.4 Å². The second-order valence-electron chi connectivity index (χ2n) is 6.45. The highest BCUT2D eigenvalue weighted by molar-refractivity contribution is 7.86. The average Bonchev–Trinajstić information content (AvgIpc) is 2.67. The monoisotopic (exact) mass is 398 g/mol. The number of nitrogens with one attached hydrogen (secondary N) is 2. The molecule has 0 aromatic heterocycles. The first-order chi connectivity index (χ1) is 12.7. The minimum atomic E-state index is -3.47. The molecular weight excluding hydrogens is 372 g/mol. The third-order valence-electron chi connectivity index (χ3n) is 4.56. The number of methoxy groups -OCH3 is 1. The van der Waals surface area contributed by atoms with E-state index in [4.69, 9.17) is 4.74 Å². The summed E-state index contributed by atoms with van der Waals surface area (Å²) in [4.78, 5) is 24.4. The van der Waals surface area contributed by atoms with Gasteiger partial charge in [0, 0.05) is 45.7 Å². The number of hydrogen-bond donors (Lipinski definition) is 2. The lowest BCUT2D eigenvalue weighted by Gasteiger charge is -2.32. The van der Waals surface area contributed by atoms with Crippen LogP contribution in [0.3, 0.4) is 0 Å². The molecule has 1 fully saturated rings. The van der Waals surface area contributed by atoms with Crippen LogP contribution in [0.5, 0.6) is 5.75 Å². The van der Waals surface area contributed by atoms with Gasteiger partial charge in [-0.15, -0.1) is 0 Å². The van der Waals surface area contributed by atoms with Crippen LogP contribution >= 0.6 is 0 Å². The van der Waals surface area contributed by atoms with Crippen molar-refractivity contribution in [3.8, 4) is 5.75 Å². The van der Waals surface area contributed by atoms with Crippen LogP contribution in [0.25, 0.3) is 0 Å². The minimum Gasteiger partial charge on any atom is -0.495 e. The quantitative estimate of drug-likeness (QED) is 0.726. The number of benzene rings is 1. The number of piperidine rings is 1. The first-order valence-corrected chi connectivity index (χ1v) is 9.99. The lowest BCUT2D eigenvalue weighted by atomic mass is 9.97. The normalized spacial score (nSPS) is 16.2. The fourth-order valence-electron chi connectivity index (χ4n) is 2.91. The summed E-state index contributed by atoms with van der Waals surface area (Å²) in [6.07, 6.45) is 0.854. The predicted molar refractivity (Wildman–Crippen MR) is 102 cm³/mol. The molecule has 1 aliphatic rings. The molecular formula is C17H26N4O5S. The van der Waals surface area contributed by atoms with Gasteiger partial charge in [-0.25, -0.2) is 0 Å². The molecule has 150 valence electrons. The Kier molecular flexibility index (Phi) is 6.79. The van der Waals surface area contributed by atoms with Crippen molar-refractivity contribution in [2.75, 3.05) is 46.7 Å².